The summed E-state index contributed by atoms with van der Waals surface area (Å²) in [5.74, 6) is 1.87. The summed E-state index contributed by atoms with van der Waals surface area (Å²) in [6.07, 6.45) is 1.52. The van der Waals surface area contributed by atoms with Crippen molar-refractivity contribution in [2.24, 2.45) is 0 Å². The summed E-state index contributed by atoms with van der Waals surface area (Å²) in [7, 11) is 0. The van der Waals surface area contributed by atoms with Crippen molar-refractivity contribution in [2.45, 2.75) is 6.92 Å². The van der Waals surface area contributed by atoms with Gasteiger partial charge in [-0.2, -0.15) is 0 Å². The Balaban J connectivity index is 1.50. The van der Waals surface area contributed by atoms with Gasteiger partial charge in [-0.3, -0.25) is 4.79 Å². The van der Waals surface area contributed by atoms with Crippen LogP contribution in [0.25, 0.3) is 0 Å². The number of hydrogen-bond donors (Lipinski definition) is 2. The fourth-order valence-electron chi connectivity index (χ4n) is 2.69. The van der Waals surface area contributed by atoms with Gasteiger partial charge in [0.05, 0.1) is 12.3 Å². The number of rotatable bonds is 6. The van der Waals surface area contributed by atoms with Crippen LogP contribution in [0.2, 0.25) is 0 Å². The topological polar surface area (TPSA) is 94.6 Å². The van der Waals surface area contributed by atoms with E-state index >= 15 is 0 Å². The van der Waals surface area contributed by atoms with Gasteiger partial charge in [0.2, 0.25) is 12.7 Å². The first kappa shape index (κ1) is 17.6. The maximum atomic E-state index is 12.6. The molecule has 142 valence electrons. The van der Waals surface area contributed by atoms with Gasteiger partial charge in [-0.1, -0.05) is 12.1 Å². The first-order chi connectivity index (χ1) is 13.7. The minimum absolute atomic E-state index is 0.177. The van der Waals surface area contributed by atoms with Crippen LogP contribution < -0.4 is 24.8 Å². The molecule has 1 aromatic heterocycles. The number of ether oxygens (including phenoxy) is 3. The lowest BCUT2D eigenvalue weighted by Crippen LogP contribution is -2.14. The molecule has 0 atom stereocenters. The van der Waals surface area contributed by atoms with Crippen molar-refractivity contribution in [2.75, 3.05) is 24.0 Å². The van der Waals surface area contributed by atoms with Gasteiger partial charge in [0, 0.05) is 18.0 Å². The molecule has 0 spiro atoms. The summed E-state index contributed by atoms with van der Waals surface area (Å²) in [6.45, 7) is 2.63. The number of carbonyl (C=O) groups excluding carboxylic acids is 1. The Bertz CT molecular complexity index is 1010. The third-order valence-corrected chi connectivity index (χ3v) is 3.95. The average Bonchev–Trinajstić information content (AvgIpc) is 3.18. The van der Waals surface area contributed by atoms with Crippen LogP contribution in [0.5, 0.6) is 17.2 Å². The monoisotopic (exact) mass is 378 g/mol. The van der Waals surface area contributed by atoms with Gasteiger partial charge >= 0.3 is 0 Å². The molecule has 2 N–H and O–H groups in total. The van der Waals surface area contributed by atoms with Crippen LogP contribution in [-0.2, 0) is 0 Å². The molecule has 8 heteroatoms. The molecule has 0 unspecified atom stereocenters. The Morgan fingerprint density at radius 1 is 1.14 bits per heavy atom. The van der Waals surface area contributed by atoms with E-state index in [2.05, 4.69) is 20.6 Å². The van der Waals surface area contributed by atoms with Crippen LogP contribution in [0.3, 0.4) is 0 Å². The molecular weight excluding hydrogens is 360 g/mol. The minimum Gasteiger partial charge on any atom is -0.492 e. The maximum Gasteiger partial charge on any atom is 0.274 e. The van der Waals surface area contributed by atoms with Crippen LogP contribution in [0.1, 0.15) is 17.4 Å². The molecule has 0 saturated heterocycles. The highest BCUT2D eigenvalue weighted by molar-refractivity contribution is 6.03. The van der Waals surface area contributed by atoms with E-state index in [-0.39, 0.29) is 18.4 Å². The van der Waals surface area contributed by atoms with Crippen LogP contribution in [0.15, 0.2) is 54.7 Å². The summed E-state index contributed by atoms with van der Waals surface area (Å²) in [6, 6.07) is 14.2. The van der Waals surface area contributed by atoms with E-state index in [1.54, 1.807) is 24.3 Å². The van der Waals surface area contributed by atoms with Crippen molar-refractivity contribution in [3.8, 4) is 17.2 Å². The van der Waals surface area contributed by atoms with Crippen LogP contribution in [0, 0.1) is 0 Å². The minimum atomic E-state index is -0.359. The third-order valence-electron chi connectivity index (χ3n) is 3.95. The fourth-order valence-corrected chi connectivity index (χ4v) is 2.69. The number of benzene rings is 2. The van der Waals surface area contributed by atoms with Gasteiger partial charge in [-0.25, -0.2) is 9.97 Å². The summed E-state index contributed by atoms with van der Waals surface area (Å²) in [5, 5.41) is 5.88. The molecule has 0 radical (unpaired) electrons. The van der Waals surface area contributed by atoms with Gasteiger partial charge in [-0.15, -0.1) is 0 Å². The Morgan fingerprint density at radius 2 is 2.00 bits per heavy atom. The van der Waals surface area contributed by atoms with Crippen LogP contribution >= 0.6 is 0 Å². The van der Waals surface area contributed by atoms with Crippen molar-refractivity contribution in [1.29, 1.82) is 0 Å². The fraction of sp³-hybridized carbons (Fsp3) is 0.150. The molecule has 0 aliphatic carbocycles. The van der Waals surface area contributed by atoms with Gasteiger partial charge in [0.15, 0.2) is 11.5 Å². The molecule has 0 saturated carbocycles. The van der Waals surface area contributed by atoms with Crippen molar-refractivity contribution in [3.05, 3.63) is 60.4 Å². The second kappa shape index (κ2) is 7.83. The van der Waals surface area contributed by atoms with Crippen molar-refractivity contribution >= 4 is 23.2 Å². The molecule has 1 aliphatic rings. The van der Waals surface area contributed by atoms with Gasteiger partial charge in [0.25, 0.3) is 5.91 Å². The lowest BCUT2D eigenvalue weighted by Gasteiger charge is -2.11. The smallest absolute Gasteiger partial charge is 0.274 e. The second-order valence-electron chi connectivity index (χ2n) is 5.84. The molecule has 0 fully saturated rings. The third kappa shape index (κ3) is 3.80. The van der Waals surface area contributed by atoms with E-state index in [4.69, 9.17) is 14.2 Å². The summed E-state index contributed by atoms with van der Waals surface area (Å²) < 4.78 is 16.2. The zero-order valence-corrected chi connectivity index (χ0v) is 15.1. The molecular formula is C20H18N4O4. The number of aromatic nitrogens is 2. The van der Waals surface area contributed by atoms with Crippen LogP contribution in [-0.4, -0.2) is 29.3 Å². The Hall–Kier alpha value is -3.81. The maximum absolute atomic E-state index is 12.6. The normalized spacial score (nSPS) is 11.8. The van der Waals surface area contributed by atoms with E-state index in [9.17, 15) is 4.79 Å². The first-order valence-corrected chi connectivity index (χ1v) is 8.76. The number of nitrogens with one attached hydrogen (secondary N) is 2. The molecule has 3 aromatic rings. The summed E-state index contributed by atoms with van der Waals surface area (Å²) >= 11 is 0. The van der Waals surface area contributed by atoms with E-state index < -0.39 is 0 Å². The molecule has 1 amide bonds. The summed E-state index contributed by atoms with van der Waals surface area (Å²) in [4.78, 5) is 21.0. The molecule has 8 nitrogen and oxygen atoms in total. The average molecular weight is 378 g/mol. The molecule has 2 heterocycles. The van der Waals surface area contributed by atoms with E-state index in [1.165, 1.54) is 6.20 Å². The number of carbonyl (C=O) groups is 1. The van der Waals surface area contributed by atoms with Crippen molar-refractivity contribution in [3.63, 3.8) is 0 Å². The largest absolute Gasteiger partial charge is 0.492 e. The van der Waals surface area contributed by atoms with Gasteiger partial charge < -0.3 is 24.8 Å². The number of anilines is 3. The number of hydrogen-bond acceptors (Lipinski definition) is 7. The standard InChI is InChI=1S/C20H18N4O4/c1-2-26-16-6-4-3-5-14(16)23-20-21-10-9-15(24-20)19(25)22-13-7-8-17-18(11-13)28-12-27-17/h3-11H,2,12H2,1H3,(H,22,25)(H,21,23,24). The highest BCUT2D eigenvalue weighted by Gasteiger charge is 2.15. The number of nitrogens with zero attached hydrogens (tertiary/aromatic N) is 2. The highest BCUT2D eigenvalue weighted by Crippen LogP contribution is 2.34. The number of amides is 1. The molecule has 4 rings (SSSR count). The lowest BCUT2D eigenvalue weighted by atomic mass is 10.2. The van der Waals surface area contributed by atoms with Gasteiger partial charge in [-0.05, 0) is 37.3 Å². The molecule has 1 aliphatic heterocycles. The zero-order valence-electron chi connectivity index (χ0n) is 15.1. The first-order valence-electron chi connectivity index (χ1n) is 8.76. The summed E-state index contributed by atoms with van der Waals surface area (Å²) in [5.41, 5.74) is 1.53. The lowest BCUT2D eigenvalue weighted by molar-refractivity contribution is 0.102. The predicted molar refractivity (Wildman–Crippen MR) is 103 cm³/mol. The van der Waals surface area contributed by atoms with Crippen molar-refractivity contribution < 1.29 is 19.0 Å². The number of para-hydroxylation sites is 2. The predicted octanol–water partition coefficient (Wildman–Crippen LogP) is 3.60. The number of fused-ring (bicyclic) bond motifs is 1. The van der Waals surface area contributed by atoms with Crippen LogP contribution in [0.4, 0.5) is 17.3 Å². The highest BCUT2D eigenvalue weighted by atomic mass is 16.7. The van der Waals surface area contributed by atoms with E-state index in [0.29, 0.717) is 35.5 Å². The van der Waals surface area contributed by atoms with Gasteiger partial charge in [0.1, 0.15) is 11.4 Å². The molecule has 0 bridgehead atoms. The Labute approximate surface area is 161 Å². The Kier molecular flexibility index (Phi) is 4.92. The van der Waals surface area contributed by atoms with E-state index in [0.717, 1.165) is 5.69 Å². The SMILES string of the molecule is CCOc1ccccc1Nc1nccc(C(=O)Nc2ccc3c(c2)OCO3)n1. The molecule has 2 aromatic carbocycles. The Morgan fingerprint density at radius 3 is 2.89 bits per heavy atom. The zero-order chi connectivity index (χ0) is 19.3. The second-order valence-corrected chi connectivity index (χ2v) is 5.84. The van der Waals surface area contributed by atoms with E-state index in [1.807, 2.05) is 31.2 Å². The van der Waals surface area contributed by atoms with Crippen molar-refractivity contribution in [1.82, 2.24) is 9.97 Å². The molecule has 28 heavy (non-hydrogen) atoms. The quantitative estimate of drug-likeness (QED) is 0.677.